The molecule has 1 unspecified atom stereocenters. The average molecular weight is 353 g/mol. The van der Waals surface area contributed by atoms with Crippen LogP contribution in [0.3, 0.4) is 0 Å². The van der Waals surface area contributed by atoms with Crippen molar-refractivity contribution in [3.8, 4) is 0 Å². The van der Waals surface area contributed by atoms with Crippen LogP contribution in [0.4, 0.5) is 8.78 Å². The summed E-state index contributed by atoms with van der Waals surface area (Å²) in [6.45, 7) is 3.37. The summed E-state index contributed by atoms with van der Waals surface area (Å²) in [5.41, 5.74) is 1.53. The minimum Gasteiger partial charge on any atom is -0.329 e. The Morgan fingerprint density at radius 2 is 2.00 bits per heavy atom. The number of carbonyl (C=O) groups is 1. The molecule has 2 aromatic rings. The van der Waals surface area contributed by atoms with Gasteiger partial charge in [-0.25, -0.2) is 8.78 Å². The highest BCUT2D eigenvalue weighted by atomic mass is 35.5. The molecule has 0 spiro atoms. The molecule has 0 saturated carbocycles. The molecule has 1 saturated heterocycles. The maximum absolute atomic E-state index is 14.1. The summed E-state index contributed by atoms with van der Waals surface area (Å²) in [7, 11) is 0. The van der Waals surface area contributed by atoms with Crippen LogP contribution in [0.1, 0.15) is 27.5 Å². The molecule has 1 aliphatic rings. The predicted octanol–water partition coefficient (Wildman–Crippen LogP) is 3.48. The van der Waals surface area contributed by atoms with E-state index in [9.17, 15) is 13.6 Å². The van der Waals surface area contributed by atoms with Gasteiger partial charge >= 0.3 is 0 Å². The zero-order valence-corrected chi connectivity index (χ0v) is 14.1. The van der Waals surface area contributed by atoms with Crippen molar-refractivity contribution in [2.75, 3.05) is 19.6 Å². The third kappa shape index (κ3) is 3.74. The smallest absolute Gasteiger partial charge is 0.257 e. The van der Waals surface area contributed by atoms with Crippen LogP contribution in [-0.4, -0.2) is 30.4 Å². The Morgan fingerprint density at radius 3 is 2.71 bits per heavy atom. The van der Waals surface area contributed by atoms with Gasteiger partial charge in [-0.2, -0.15) is 0 Å². The molecule has 1 N–H and O–H groups in total. The van der Waals surface area contributed by atoms with Crippen LogP contribution in [-0.2, 0) is 0 Å². The van der Waals surface area contributed by atoms with Crippen LogP contribution in [0.5, 0.6) is 0 Å². The van der Waals surface area contributed by atoms with Crippen LogP contribution in [0.2, 0.25) is 0 Å². The molecule has 24 heavy (non-hydrogen) atoms. The molecule has 2 aromatic carbocycles. The monoisotopic (exact) mass is 352 g/mol. The lowest BCUT2D eigenvalue weighted by molar-refractivity contribution is 0.0629. The van der Waals surface area contributed by atoms with Crippen molar-refractivity contribution in [1.29, 1.82) is 0 Å². The van der Waals surface area contributed by atoms with Crippen molar-refractivity contribution in [3.05, 3.63) is 70.8 Å². The second kappa shape index (κ2) is 7.73. The molecule has 0 aliphatic carbocycles. The Labute approximate surface area is 146 Å². The molecule has 1 fully saturated rings. The highest BCUT2D eigenvalue weighted by molar-refractivity contribution is 5.95. The van der Waals surface area contributed by atoms with Crippen molar-refractivity contribution in [3.63, 3.8) is 0 Å². The third-order valence-corrected chi connectivity index (χ3v) is 4.09. The molecule has 1 heterocycles. The number of hydrogen-bond donors (Lipinski definition) is 1. The van der Waals surface area contributed by atoms with Crippen molar-refractivity contribution in [2.24, 2.45) is 0 Å². The molecular formula is C18H19ClF2N2O. The third-order valence-electron chi connectivity index (χ3n) is 4.09. The maximum Gasteiger partial charge on any atom is 0.257 e. The first-order chi connectivity index (χ1) is 11.1. The van der Waals surface area contributed by atoms with E-state index in [1.54, 1.807) is 30.0 Å². The van der Waals surface area contributed by atoms with Gasteiger partial charge in [0.2, 0.25) is 0 Å². The van der Waals surface area contributed by atoms with E-state index in [4.69, 9.17) is 0 Å². The number of nitrogens with zero attached hydrogens (tertiary/aromatic N) is 1. The van der Waals surface area contributed by atoms with E-state index >= 15 is 0 Å². The number of carbonyl (C=O) groups excluding carboxylic acids is 1. The van der Waals surface area contributed by atoms with Crippen LogP contribution < -0.4 is 5.32 Å². The van der Waals surface area contributed by atoms with Crippen LogP contribution in [0.15, 0.2) is 42.5 Å². The topological polar surface area (TPSA) is 32.3 Å². The number of halogens is 3. The van der Waals surface area contributed by atoms with Crippen molar-refractivity contribution >= 4 is 18.3 Å². The number of nitrogens with one attached hydrogen (secondary N) is 1. The Bertz CT molecular complexity index is 739. The zero-order valence-electron chi connectivity index (χ0n) is 13.3. The van der Waals surface area contributed by atoms with E-state index in [2.05, 4.69) is 5.32 Å². The Morgan fingerprint density at radius 1 is 1.21 bits per heavy atom. The van der Waals surface area contributed by atoms with Gasteiger partial charge in [-0.15, -0.1) is 12.4 Å². The van der Waals surface area contributed by atoms with Gasteiger partial charge in [-0.1, -0.05) is 18.2 Å². The first-order valence-electron chi connectivity index (χ1n) is 7.59. The highest BCUT2D eigenvalue weighted by Gasteiger charge is 2.30. The summed E-state index contributed by atoms with van der Waals surface area (Å²) in [4.78, 5) is 14.4. The zero-order chi connectivity index (χ0) is 16.4. The van der Waals surface area contributed by atoms with E-state index < -0.39 is 5.82 Å². The lowest BCUT2D eigenvalue weighted by Crippen LogP contribution is -2.48. The van der Waals surface area contributed by atoms with Gasteiger partial charge in [-0.3, -0.25) is 4.79 Å². The van der Waals surface area contributed by atoms with Gasteiger partial charge in [0, 0.05) is 19.6 Å². The summed E-state index contributed by atoms with van der Waals surface area (Å²) in [6.07, 6.45) is 0. The average Bonchev–Trinajstić information content (AvgIpc) is 2.54. The molecule has 1 amide bonds. The quantitative estimate of drug-likeness (QED) is 0.897. The number of benzene rings is 2. The summed E-state index contributed by atoms with van der Waals surface area (Å²) >= 11 is 0. The van der Waals surface area contributed by atoms with Gasteiger partial charge in [0.25, 0.3) is 5.91 Å². The maximum atomic E-state index is 14.1. The molecule has 0 radical (unpaired) electrons. The van der Waals surface area contributed by atoms with E-state index in [0.29, 0.717) is 25.2 Å². The largest absolute Gasteiger partial charge is 0.329 e. The van der Waals surface area contributed by atoms with Crippen LogP contribution in [0, 0.1) is 18.6 Å². The standard InChI is InChI=1S/C18H18F2N2O.ClH/c1-12-5-6-15(16(20)9-12)18(23)22-8-7-21-11-17(22)13-3-2-4-14(19)10-13;/h2-6,9-10,17,21H,7-8,11H2,1H3;1H. The lowest BCUT2D eigenvalue weighted by atomic mass is 10.0. The molecule has 128 valence electrons. The highest BCUT2D eigenvalue weighted by Crippen LogP contribution is 2.25. The van der Waals surface area contributed by atoms with Gasteiger partial charge in [0.1, 0.15) is 11.6 Å². The number of aryl methyl sites for hydroxylation is 1. The Hall–Kier alpha value is -1.98. The summed E-state index contributed by atoms with van der Waals surface area (Å²) < 4.78 is 27.6. The second-order valence-corrected chi connectivity index (χ2v) is 5.76. The molecule has 0 bridgehead atoms. The van der Waals surface area contributed by atoms with Crippen molar-refractivity contribution in [2.45, 2.75) is 13.0 Å². The molecule has 0 aromatic heterocycles. The van der Waals surface area contributed by atoms with E-state index in [1.807, 2.05) is 0 Å². The molecule has 1 atom stereocenters. The molecular weight excluding hydrogens is 334 g/mol. The Balaban J connectivity index is 0.00000208. The molecule has 1 aliphatic heterocycles. The van der Waals surface area contributed by atoms with Gasteiger partial charge < -0.3 is 10.2 Å². The molecule has 3 nitrogen and oxygen atoms in total. The van der Waals surface area contributed by atoms with E-state index in [1.165, 1.54) is 24.3 Å². The fraction of sp³-hybridized carbons (Fsp3) is 0.278. The van der Waals surface area contributed by atoms with Crippen molar-refractivity contribution < 1.29 is 13.6 Å². The van der Waals surface area contributed by atoms with Crippen molar-refractivity contribution in [1.82, 2.24) is 10.2 Å². The summed E-state index contributed by atoms with van der Waals surface area (Å²) in [5.74, 6) is -1.23. The van der Waals surface area contributed by atoms with Gasteiger partial charge in [0.15, 0.2) is 0 Å². The van der Waals surface area contributed by atoms with E-state index in [-0.39, 0.29) is 35.7 Å². The molecule has 6 heteroatoms. The predicted molar refractivity (Wildman–Crippen MR) is 91.4 cm³/mol. The van der Waals surface area contributed by atoms with Crippen LogP contribution >= 0.6 is 12.4 Å². The number of hydrogen-bond acceptors (Lipinski definition) is 2. The van der Waals surface area contributed by atoms with Crippen LogP contribution in [0.25, 0.3) is 0 Å². The first-order valence-corrected chi connectivity index (χ1v) is 7.59. The molecule has 3 rings (SSSR count). The number of piperazine rings is 1. The van der Waals surface area contributed by atoms with Gasteiger partial charge in [0.05, 0.1) is 11.6 Å². The number of rotatable bonds is 2. The van der Waals surface area contributed by atoms with Gasteiger partial charge in [-0.05, 0) is 42.3 Å². The Kier molecular flexibility index (Phi) is 5.91. The summed E-state index contributed by atoms with van der Waals surface area (Å²) in [6, 6.07) is 10.5. The van der Waals surface area contributed by atoms with E-state index in [0.717, 1.165) is 5.56 Å². The second-order valence-electron chi connectivity index (χ2n) is 5.76. The minimum atomic E-state index is -0.522. The lowest BCUT2D eigenvalue weighted by Gasteiger charge is -2.36. The fourth-order valence-corrected chi connectivity index (χ4v) is 2.91. The fourth-order valence-electron chi connectivity index (χ4n) is 2.91. The summed E-state index contributed by atoms with van der Waals surface area (Å²) in [5, 5.41) is 3.20. The minimum absolute atomic E-state index is 0. The SMILES string of the molecule is Cc1ccc(C(=O)N2CCNCC2c2cccc(F)c2)c(F)c1.Cl. The normalized spacial score (nSPS) is 17.3. The number of amides is 1. The first kappa shape index (κ1) is 18.4.